The number of nitrogen functional groups attached to an aromatic ring is 1. The van der Waals surface area contributed by atoms with Crippen LogP contribution in [-0.2, 0) is 4.74 Å². The van der Waals surface area contributed by atoms with Crippen molar-refractivity contribution in [1.82, 2.24) is 19.9 Å². The van der Waals surface area contributed by atoms with E-state index in [-0.39, 0.29) is 18.7 Å². The van der Waals surface area contributed by atoms with Gasteiger partial charge in [-0.15, -0.1) is 0 Å². The van der Waals surface area contributed by atoms with Gasteiger partial charge in [0.05, 0.1) is 24.2 Å². The summed E-state index contributed by atoms with van der Waals surface area (Å²) in [4.78, 5) is 25.6. The van der Waals surface area contributed by atoms with E-state index in [2.05, 4.69) is 15.0 Å². The Bertz CT molecular complexity index is 755. The van der Waals surface area contributed by atoms with Crippen LogP contribution in [0.5, 0.6) is 0 Å². The van der Waals surface area contributed by atoms with Crippen LogP contribution in [0.15, 0.2) is 12.5 Å². The van der Waals surface area contributed by atoms with Crippen LogP contribution < -0.4 is 5.73 Å². The molecule has 144 valence electrons. The van der Waals surface area contributed by atoms with Crippen molar-refractivity contribution < 1.29 is 19.7 Å². The summed E-state index contributed by atoms with van der Waals surface area (Å²) in [6.07, 6.45) is 4.21. The molecule has 0 aromatic carbocycles. The molecular formula is C17H27N5O4. The first-order chi connectivity index (χ1) is 12.3. The van der Waals surface area contributed by atoms with Crippen LogP contribution in [0.3, 0.4) is 0 Å². The molecule has 0 saturated carbocycles. The number of aromatic nitrogens is 3. The number of nitrogens with two attached hydrogens (primary N) is 1. The van der Waals surface area contributed by atoms with E-state index in [0.29, 0.717) is 23.3 Å². The van der Waals surface area contributed by atoms with Gasteiger partial charge in [0, 0.05) is 18.9 Å². The maximum atomic E-state index is 12.7. The zero-order valence-electron chi connectivity index (χ0n) is 15.6. The van der Waals surface area contributed by atoms with Crippen molar-refractivity contribution in [3.63, 3.8) is 0 Å². The number of carbonyl (C=O) groups excluding carboxylic acids is 1. The lowest BCUT2D eigenvalue weighted by Crippen LogP contribution is -2.42. The molecule has 2 atom stereocenters. The maximum absolute atomic E-state index is 12.7. The molecule has 5 N–H and O–H groups in total. The molecule has 0 radical (unpaired) electrons. The standard InChI is InChI=1S/C16H23N5O3.CH4O/c1-16(2,3)24-15(23)21-9(7-22)4-5-11(21)10-6-18-13-12(10)19-8-20-14(13)17;1-2/h6,8-9,11,18,22H,4-5,7H2,1-3H3,(H2,17,19,20);2H,1H3. The molecule has 3 rings (SSSR count). The molecule has 1 aliphatic heterocycles. The lowest BCUT2D eigenvalue weighted by molar-refractivity contribution is 0.00880. The van der Waals surface area contributed by atoms with Gasteiger partial charge < -0.3 is 25.7 Å². The number of likely N-dealkylation sites (tertiary alicyclic amines) is 1. The third-order valence-electron chi connectivity index (χ3n) is 4.20. The van der Waals surface area contributed by atoms with Gasteiger partial charge in [-0.1, -0.05) is 0 Å². The second kappa shape index (κ2) is 7.88. The van der Waals surface area contributed by atoms with Crippen molar-refractivity contribution in [2.24, 2.45) is 0 Å². The normalized spacial score (nSPS) is 20.0. The average molecular weight is 365 g/mol. The number of hydrogen-bond acceptors (Lipinski definition) is 7. The Morgan fingerprint density at radius 2 is 2.08 bits per heavy atom. The van der Waals surface area contributed by atoms with E-state index < -0.39 is 11.7 Å². The summed E-state index contributed by atoms with van der Waals surface area (Å²) in [6, 6.07) is -0.492. The largest absolute Gasteiger partial charge is 0.444 e. The van der Waals surface area contributed by atoms with Gasteiger partial charge >= 0.3 is 6.09 Å². The van der Waals surface area contributed by atoms with Crippen molar-refractivity contribution in [1.29, 1.82) is 0 Å². The van der Waals surface area contributed by atoms with E-state index in [0.717, 1.165) is 19.1 Å². The van der Waals surface area contributed by atoms with Gasteiger partial charge in [0.25, 0.3) is 0 Å². The Morgan fingerprint density at radius 3 is 2.69 bits per heavy atom. The smallest absolute Gasteiger partial charge is 0.411 e. The molecule has 1 aliphatic rings. The van der Waals surface area contributed by atoms with Crippen molar-refractivity contribution in [2.75, 3.05) is 19.5 Å². The molecule has 0 bridgehead atoms. The number of H-pyrrole nitrogens is 1. The molecule has 1 saturated heterocycles. The number of aromatic amines is 1. The summed E-state index contributed by atoms with van der Waals surface area (Å²) in [5, 5.41) is 16.7. The van der Waals surface area contributed by atoms with Gasteiger partial charge in [-0.25, -0.2) is 14.8 Å². The van der Waals surface area contributed by atoms with Crippen molar-refractivity contribution in [3.8, 4) is 0 Å². The molecule has 1 amide bonds. The molecule has 3 heterocycles. The van der Waals surface area contributed by atoms with E-state index in [1.807, 2.05) is 20.8 Å². The van der Waals surface area contributed by atoms with Crippen LogP contribution in [0.4, 0.5) is 10.6 Å². The number of amides is 1. The van der Waals surface area contributed by atoms with Gasteiger partial charge in [0.15, 0.2) is 5.82 Å². The highest BCUT2D eigenvalue weighted by molar-refractivity contribution is 5.87. The fourth-order valence-electron chi connectivity index (χ4n) is 3.19. The minimum atomic E-state index is -0.600. The Labute approximate surface area is 152 Å². The van der Waals surface area contributed by atoms with E-state index in [4.69, 9.17) is 15.6 Å². The van der Waals surface area contributed by atoms with Crippen LogP contribution in [-0.4, -0.2) is 61.5 Å². The van der Waals surface area contributed by atoms with Crippen molar-refractivity contribution >= 4 is 22.9 Å². The van der Waals surface area contributed by atoms with Gasteiger partial charge in [0.2, 0.25) is 0 Å². The number of nitrogens with zero attached hydrogens (tertiary/aromatic N) is 3. The van der Waals surface area contributed by atoms with Crippen molar-refractivity contribution in [2.45, 2.75) is 51.3 Å². The van der Waals surface area contributed by atoms with E-state index >= 15 is 0 Å². The second-order valence-electron chi connectivity index (χ2n) is 7.04. The molecule has 0 aliphatic carbocycles. The number of hydrogen-bond donors (Lipinski definition) is 4. The summed E-state index contributed by atoms with van der Waals surface area (Å²) in [5.74, 6) is 0.367. The summed E-state index contributed by atoms with van der Waals surface area (Å²) < 4.78 is 5.53. The summed E-state index contributed by atoms with van der Waals surface area (Å²) in [5.41, 5.74) is 7.48. The number of ether oxygens (including phenoxy) is 1. The number of rotatable bonds is 2. The number of nitrogens with one attached hydrogen (secondary N) is 1. The van der Waals surface area contributed by atoms with Crippen molar-refractivity contribution in [3.05, 3.63) is 18.1 Å². The lowest BCUT2D eigenvalue weighted by Gasteiger charge is -2.31. The van der Waals surface area contributed by atoms with E-state index in [1.165, 1.54) is 6.33 Å². The highest BCUT2D eigenvalue weighted by Gasteiger charge is 2.41. The average Bonchev–Trinajstić information content (AvgIpc) is 3.19. The molecule has 2 unspecified atom stereocenters. The molecule has 9 heteroatoms. The third-order valence-corrected chi connectivity index (χ3v) is 4.20. The zero-order chi connectivity index (χ0) is 19.5. The summed E-state index contributed by atoms with van der Waals surface area (Å²) >= 11 is 0. The van der Waals surface area contributed by atoms with Gasteiger partial charge in [0.1, 0.15) is 17.4 Å². The lowest BCUT2D eigenvalue weighted by atomic mass is 10.1. The summed E-state index contributed by atoms with van der Waals surface area (Å²) in [6.45, 7) is 5.37. The quantitative estimate of drug-likeness (QED) is 0.634. The summed E-state index contributed by atoms with van der Waals surface area (Å²) in [7, 11) is 1.00. The van der Waals surface area contributed by atoms with Gasteiger partial charge in [-0.05, 0) is 33.6 Å². The third kappa shape index (κ3) is 3.88. The fourth-order valence-corrected chi connectivity index (χ4v) is 3.19. The van der Waals surface area contributed by atoms with Crippen LogP contribution in [0.1, 0.15) is 45.2 Å². The SMILES string of the molecule is CC(C)(C)OC(=O)N1C(CO)CCC1c1c[nH]c2c(N)ncnc12.CO. The minimum absolute atomic E-state index is 0.102. The van der Waals surface area contributed by atoms with Crippen LogP contribution in [0.2, 0.25) is 0 Å². The molecule has 2 aromatic heterocycles. The number of anilines is 1. The molecule has 1 fully saturated rings. The molecular weight excluding hydrogens is 338 g/mol. The molecule has 0 spiro atoms. The molecule has 2 aromatic rings. The topological polar surface area (TPSA) is 138 Å². The number of fused-ring (bicyclic) bond motifs is 1. The monoisotopic (exact) mass is 365 g/mol. The van der Waals surface area contributed by atoms with Crippen LogP contribution >= 0.6 is 0 Å². The van der Waals surface area contributed by atoms with Crippen LogP contribution in [0, 0.1) is 0 Å². The predicted molar refractivity (Wildman–Crippen MR) is 97.4 cm³/mol. The minimum Gasteiger partial charge on any atom is -0.444 e. The predicted octanol–water partition coefficient (Wildman–Crippen LogP) is 1.58. The Morgan fingerprint density at radius 1 is 1.38 bits per heavy atom. The number of aliphatic hydroxyl groups is 2. The molecule has 9 nitrogen and oxygen atoms in total. The number of aliphatic hydroxyl groups excluding tert-OH is 2. The second-order valence-corrected chi connectivity index (χ2v) is 7.04. The number of carbonyl (C=O) groups is 1. The first kappa shape index (κ1) is 19.9. The molecule has 26 heavy (non-hydrogen) atoms. The van der Waals surface area contributed by atoms with Gasteiger partial charge in [-0.2, -0.15) is 0 Å². The highest BCUT2D eigenvalue weighted by Crippen LogP contribution is 2.39. The Balaban J connectivity index is 0.00000117. The van der Waals surface area contributed by atoms with E-state index in [1.54, 1.807) is 11.1 Å². The fraction of sp³-hybridized carbons (Fsp3) is 0.588. The van der Waals surface area contributed by atoms with E-state index in [9.17, 15) is 9.90 Å². The van der Waals surface area contributed by atoms with Gasteiger partial charge in [-0.3, -0.25) is 4.90 Å². The Hall–Kier alpha value is -2.39. The maximum Gasteiger partial charge on any atom is 0.411 e. The Kier molecular flexibility index (Phi) is 6.04. The van der Waals surface area contributed by atoms with Crippen LogP contribution in [0.25, 0.3) is 11.0 Å². The first-order valence-corrected chi connectivity index (χ1v) is 8.46. The highest BCUT2D eigenvalue weighted by atomic mass is 16.6. The zero-order valence-corrected chi connectivity index (χ0v) is 15.6. The first-order valence-electron chi connectivity index (χ1n) is 8.46.